The Balaban J connectivity index is 1.70. The minimum atomic E-state index is -0.751. The molecule has 2 aliphatic heterocycles. The number of carbonyl (C=O) groups excluding carboxylic acids is 1. The van der Waals surface area contributed by atoms with Crippen molar-refractivity contribution in [1.82, 2.24) is 4.90 Å². The van der Waals surface area contributed by atoms with Crippen LogP contribution in [0.3, 0.4) is 0 Å². The van der Waals surface area contributed by atoms with E-state index < -0.39 is 5.97 Å². The van der Waals surface area contributed by atoms with Gasteiger partial charge in [0.05, 0.1) is 12.5 Å². The zero-order chi connectivity index (χ0) is 13.0. The molecule has 102 valence electrons. The number of amides is 1. The molecule has 0 radical (unpaired) electrons. The maximum Gasteiger partial charge on any atom is 0.303 e. The zero-order valence-corrected chi connectivity index (χ0v) is 10.6. The van der Waals surface area contributed by atoms with Gasteiger partial charge in [-0.15, -0.1) is 0 Å². The Bertz CT molecular complexity index is 312. The molecule has 0 aliphatic carbocycles. The van der Waals surface area contributed by atoms with Crippen molar-refractivity contribution in [3.63, 3.8) is 0 Å². The van der Waals surface area contributed by atoms with Gasteiger partial charge in [-0.25, -0.2) is 0 Å². The first-order valence-electron chi connectivity index (χ1n) is 6.76. The number of carbonyl (C=O) groups is 2. The van der Waals surface area contributed by atoms with Gasteiger partial charge in [0.1, 0.15) is 0 Å². The molecule has 0 aromatic carbocycles. The van der Waals surface area contributed by atoms with E-state index in [9.17, 15) is 9.59 Å². The van der Waals surface area contributed by atoms with Gasteiger partial charge in [-0.3, -0.25) is 9.59 Å². The van der Waals surface area contributed by atoms with Gasteiger partial charge in [0, 0.05) is 26.1 Å². The quantitative estimate of drug-likeness (QED) is 0.803. The third-order valence-corrected chi connectivity index (χ3v) is 3.83. The van der Waals surface area contributed by atoms with Gasteiger partial charge in [0.25, 0.3) is 0 Å². The molecule has 0 bridgehead atoms. The zero-order valence-electron chi connectivity index (χ0n) is 10.6. The van der Waals surface area contributed by atoms with Crippen molar-refractivity contribution in [3.05, 3.63) is 0 Å². The summed E-state index contributed by atoms with van der Waals surface area (Å²) in [5.74, 6) is -0.228. The van der Waals surface area contributed by atoms with Crippen LogP contribution in [0, 0.1) is 5.92 Å². The summed E-state index contributed by atoms with van der Waals surface area (Å²) in [5, 5.41) is 8.64. The minimum Gasteiger partial charge on any atom is -0.481 e. The van der Waals surface area contributed by atoms with Crippen LogP contribution in [0.5, 0.6) is 0 Å². The van der Waals surface area contributed by atoms with Crippen LogP contribution in [-0.2, 0) is 14.3 Å². The first-order valence-corrected chi connectivity index (χ1v) is 6.76. The fourth-order valence-electron chi connectivity index (χ4n) is 2.75. The second-order valence-electron chi connectivity index (χ2n) is 5.27. The van der Waals surface area contributed by atoms with Gasteiger partial charge in [-0.2, -0.15) is 0 Å². The molecule has 1 N–H and O–H groups in total. The molecular weight excluding hydrogens is 234 g/mol. The summed E-state index contributed by atoms with van der Waals surface area (Å²) in [5.41, 5.74) is 0. The molecule has 18 heavy (non-hydrogen) atoms. The van der Waals surface area contributed by atoms with E-state index in [0.29, 0.717) is 18.8 Å². The van der Waals surface area contributed by atoms with Crippen LogP contribution in [0.15, 0.2) is 0 Å². The van der Waals surface area contributed by atoms with E-state index in [1.165, 1.54) is 0 Å². The lowest BCUT2D eigenvalue weighted by Gasteiger charge is -2.18. The summed E-state index contributed by atoms with van der Waals surface area (Å²) < 4.78 is 5.46. The molecule has 2 fully saturated rings. The van der Waals surface area contributed by atoms with Crippen LogP contribution in [0.2, 0.25) is 0 Å². The number of hydrogen-bond acceptors (Lipinski definition) is 3. The molecule has 0 spiro atoms. The summed E-state index contributed by atoms with van der Waals surface area (Å²) in [6, 6.07) is 0. The van der Waals surface area contributed by atoms with Gasteiger partial charge >= 0.3 is 5.97 Å². The number of ether oxygens (including phenoxy) is 1. The fraction of sp³-hybridized carbons (Fsp3) is 0.846. The molecule has 2 saturated heterocycles. The molecule has 0 saturated carbocycles. The minimum absolute atomic E-state index is 0.107. The van der Waals surface area contributed by atoms with Crippen LogP contribution >= 0.6 is 0 Å². The standard InChI is InChI=1S/C13H21NO4/c15-12(8-11-2-1-7-18-11)14-6-5-10(9-14)3-4-13(16)17/h10-11H,1-9H2,(H,16,17). The van der Waals surface area contributed by atoms with Crippen LogP contribution < -0.4 is 0 Å². The van der Waals surface area contributed by atoms with E-state index >= 15 is 0 Å². The van der Waals surface area contributed by atoms with Gasteiger partial charge in [0.15, 0.2) is 0 Å². The molecule has 0 aromatic heterocycles. The second-order valence-corrected chi connectivity index (χ2v) is 5.27. The molecule has 2 aliphatic rings. The first-order chi connectivity index (χ1) is 8.65. The van der Waals surface area contributed by atoms with Crippen molar-refractivity contribution in [2.45, 2.75) is 44.6 Å². The van der Waals surface area contributed by atoms with Crippen LogP contribution in [-0.4, -0.2) is 47.7 Å². The predicted octanol–water partition coefficient (Wildman–Crippen LogP) is 1.27. The third kappa shape index (κ3) is 3.70. The molecule has 5 heteroatoms. The largest absolute Gasteiger partial charge is 0.481 e. The van der Waals surface area contributed by atoms with Crippen LogP contribution in [0.25, 0.3) is 0 Å². The number of carboxylic acids is 1. The lowest BCUT2D eigenvalue weighted by atomic mass is 10.0. The van der Waals surface area contributed by atoms with Crippen molar-refractivity contribution in [2.24, 2.45) is 5.92 Å². The van der Waals surface area contributed by atoms with Gasteiger partial charge in [0.2, 0.25) is 5.91 Å². The highest BCUT2D eigenvalue weighted by Crippen LogP contribution is 2.23. The van der Waals surface area contributed by atoms with Crippen molar-refractivity contribution >= 4 is 11.9 Å². The number of nitrogens with zero attached hydrogens (tertiary/aromatic N) is 1. The highest BCUT2D eigenvalue weighted by molar-refractivity contribution is 5.77. The molecule has 2 rings (SSSR count). The summed E-state index contributed by atoms with van der Waals surface area (Å²) in [6.07, 6.45) is 4.46. The predicted molar refractivity (Wildman–Crippen MR) is 65.1 cm³/mol. The molecule has 2 unspecified atom stereocenters. The smallest absolute Gasteiger partial charge is 0.303 e. The number of likely N-dealkylation sites (tertiary alicyclic amines) is 1. The second kappa shape index (κ2) is 6.18. The van der Waals surface area contributed by atoms with E-state index in [2.05, 4.69) is 0 Å². The third-order valence-electron chi connectivity index (χ3n) is 3.83. The van der Waals surface area contributed by atoms with Crippen molar-refractivity contribution in [1.29, 1.82) is 0 Å². The Morgan fingerprint density at radius 1 is 1.33 bits per heavy atom. The fourth-order valence-corrected chi connectivity index (χ4v) is 2.75. The lowest BCUT2D eigenvalue weighted by molar-refractivity contribution is -0.137. The Hall–Kier alpha value is -1.10. The highest BCUT2D eigenvalue weighted by Gasteiger charge is 2.28. The van der Waals surface area contributed by atoms with Gasteiger partial charge in [-0.1, -0.05) is 0 Å². The van der Waals surface area contributed by atoms with E-state index in [1.807, 2.05) is 4.90 Å². The number of hydrogen-bond donors (Lipinski definition) is 1. The first kappa shape index (κ1) is 13.3. The molecule has 1 amide bonds. The molecule has 5 nitrogen and oxygen atoms in total. The number of carboxylic acid groups (broad SMARTS) is 1. The number of aliphatic carboxylic acids is 1. The Morgan fingerprint density at radius 2 is 2.17 bits per heavy atom. The van der Waals surface area contributed by atoms with E-state index in [-0.39, 0.29) is 18.4 Å². The maximum atomic E-state index is 12.0. The van der Waals surface area contributed by atoms with Crippen molar-refractivity contribution in [3.8, 4) is 0 Å². The van der Waals surface area contributed by atoms with Crippen molar-refractivity contribution in [2.75, 3.05) is 19.7 Å². The topological polar surface area (TPSA) is 66.8 Å². The summed E-state index contributed by atoms with van der Waals surface area (Å²) in [6.45, 7) is 2.27. The molecular formula is C13H21NO4. The summed E-state index contributed by atoms with van der Waals surface area (Å²) in [4.78, 5) is 24.4. The van der Waals surface area contributed by atoms with Crippen molar-refractivity contribution < 1.29 is 19.4 Å². The normalized spacial score (nSPS) is 27.7. The average molecular weight is 255 g/mol. The SMILES string of the molecule is O=C(O)CCC1CCN(C(=O)CC2CCCO2)C1. The van der Waals surface area contributed by atoms with Crippen LogP contribution in [0.1, 0.15) is 38.5 Å². The van der Waals surface area contributed by atoms with E-state index in [4.69, 9.17) is 9.84 Å². The molecule has 0 aromatic rings. The highest BCUT2D eigenvalue weighted by atomic mass is 16.5. The Morgan fingerprint density at radius 3 is 2.83 bits per heavy atom. The molecule has 2 atom stereocenters. The maximum absolute atomic E-state index is 12.0. The molecule has 2 heterocycles. The van der Waals surface area contributed by atoms with Gasteiger partial charge < -0.3 is 14.7 Å². The summed E-state index contributed by atoms with van der Waals surface area (Å²) >= 11 is 0. The monoisotopic (exact) mass is 255 g/mol. The summed E-state index contributed by atoms with van der Waals surface area (Å²) in [7, 11) is 0. The number of rotatable bonds is 5. The van der Waals surface area contributed by atoms with E-state index in [0.717, 1.165) is 39.0 Å². The Labute approximate surface area is 107 Å². The van der Waals surface area contributed by atoms with E-state index in [1.54, 1.807) is 0 Å². The average Bonchev–Trinajstić information content (AvgIpc) is 2.96. The van der Waals surface area contributed by atoms with Crippen LogP contribution in [0.4, 0.5) is 0 Å². The lowest BCUT2D eigenvalue weighted by Crippen LogP contribution is -2.31. The van der Waals surface area contributed by atoms with Gasteiger partial charge in [-0.05, 0) is 31.6 Å². The Kier molecular flexibility index (Phi) is 4.58.